The Balaban J connectivity index is 1.28. The first-order chi connectivity index (χ1) is 15.4. The summed E-state index contributed by atoms with van der Waals surface area (Å²) in [6.45, 7) is 0.496. The first-order valence-electron chi connectivity index (χ1n) is 9.85. The number of ether oxygens (including phenoxy) is 1. The highest BCUT2D eigenvalue weighted by Gasteiger charge is 2.29. The number of benzene rings is 3. The van der Waals surface area contributed by atoms with Crippen LogP contribution in [0.5, 0.6) is 5.75 Å². The lowest BCUT2D eigenvalue weighted by molar-refractivity contribution is -0.116. The van der Waals surface area contributed by atoms with Crippen LogP contribution in [0.1, 0.15) is 17.5 Å². The number of hydrogen-bond acceptors (Lipinski definition) is 5. The third-order valence-electron chi connectivity index (χ3n) is 4.76. The number of aliphatic imine (C=N–C) groups is 1. The maximum Gasteiger partial charge on any atom is 0.263 e. The van der Waals surface area contributed by atoms with Gasteiger partial charge in [0.1, 0.15) is 18.2 Å². The Labute approximate surface area is 191 Å². The maximum atomic E-state index is 12.2. The van der Waals surface area contributed by atoms with Gasteiger partial charge in [0.25, 0.3) is 10.0 Å². The summed E-state index contributed by atoms with van der Waals surface area (Å²) in [5, 5.41) is 3.44. The number of nitrogens with zero attached hydrogens (tertiary/aromatic N) is 1. The monoisotopic (exact) mass is 469 g/mol. The molecule has 0 aromatic heterocycles. The second kappa shape index (κ2) is 9.42. The standard InChI is InChI=1S/C23H20ClN3O4S/c24-20-7-3-1-5-16(20)15-31-18-11-9-17(10-12-18)26-22(28)13-14-25-23-19-6-2-4-8-21(19)32(29,30)27-23/h1-12H,13-15H2,(H,25,27)(H,26,28). The minimum atomic E-state index is -3.58. The number of halogens is 1. The van der Waals surface area contributed by atoms with Gasteiger partial charge < -0.3 is 10.1 Å². The summed E-state index contributed by atoms with van der Waals surface area (Å²) in [7, 11) is -3.58. The number of carbonyl (C=O) groups excluding carboxylic acids is 1. The molecule has 1 aliphatic heterocycles. The molecule has 1 aliphatic rings. The van der Waals surface area contributed by atoms with Gasteiger partial charge in [-0.05, 0) is 42.5 Å². The number of anilines is 1. The number of nitrogens with one attached hydrogen (secondary N) is 2. The van der Waals surface area contributed by atoms with Crippen LogP contribution < -0.4 is 14.8 Å². The van der Waals surface area contributed by atoms with Gasteiger partial charge in [0.2, 0.25) is 5.91 Å². The van der Waals surface area contributed by atoms with Crippen LogP contribution in [0.2, 0.25) is 5.02 Å². The fraction of sp³-hybridized carbons (Fsp3) is 0.130. The predicted octanol–water partition coefficient (Wildman–Crippen LogP) is 3.99. The Morgan fingerprint density at radius 3 is 2.50 bits per heavy atom. The molecule has 0 aliphatic carbocycles. The number of amides is 1. The van der Waals surface area contributed by atoms with Crippen molar-refractivity contribution in [3.63, 3.8) is 0 Å². The summed E-state index contributed by atoms with van der Waals surface area (Å²) in [6.07, 6.45) is 0.109. The summed E-state index contributed by atoms with van der Waals surface area (Å²) >= 11 is 6.12. The van der Waals surface area contributed by atoms with E-state index in [9.17, 15) is 13.2 Å². The van der Waals surface area contributed by atoms with E-state index >= 15 is 0 Å². The van der Waals surface area contributed by atoms with Crippen LogP contribution in [0.25, 0.3) is 0 Å². The lowest BCUT2D eigenvalue weighted by atomic mass is 10.2. The number of amidine groups is 1. The van der Waals surface area contributed by atoms with Crippen molar-refractivity contribution in [2.45, 2.75) is 17.9 Å². The van der Waals surface area contributed by atoms with E-state index in [-0.39, 0.29) is 29.6 Å². The molecule has 9 heteroatoms. The molecule has 0 fully saturated rings. The Kier molecular flexibility index (Phi) is 6.43. The molecular formula is C23H20ClN3O4S. The molecule has 0 spiro atoms. The lowest BCUT2D eigenvalue weighted by Crippen LogP contribution is -2.23. The van der Waals surface area contributed by atoms with Crippen molar-refractivity contribution in [3.8, 4) is 5.75 Å². The van der Waals surface area contributed by atoms with Crippen molar-refractivity contribution in [2.24, 2.45) is 4.99 Å². The van der Waals surface area contributed by atoms with E-state index in [2.05, 4.69) is 15.0 Å². The van der Waals surface area contributed by atoms with Crippen LogP contribution in [-0.2, 0) is 21.4 Å². The SMILES string of the molecule is O=C(CCN=C1NS(=O)(=O)c2ccccc21)Nc1ccc(OCc2ccccc2Cl)cc1. The Hall–Kier alpha value is -3.36. The van der Waals surface area contributed by atoms with Crippen LogP contribution in [0.4, 0.5) is 5.69 Å². The van der Waals surface area contributed by atoms with E-state index in [0.717, 1.165) is 5.56 Å². The van der Waals surface area contributed by atoms with Gasteiger partial charge in [0.05, 0.1) is 11.4 Å². The van der Waals surface area contributed by atoms with E-state index in [1.54, 1.807) is 42.5 Å². The van der Waals surface area contributed by atoms with Gasteiger partial charge in [-0.25, -0.2) is 8.42 Å². The number of rotatable bonds is 7. The van der Waals surface area contributed by atoms with Crippen molar-refractivity contribution in [1.82, 2.24) is 4.72 Å². The summed E-state index contributed by atoms with van der Waals surface area (Å²) in [5.41, 5.74) is 2.03. The average Bonchev–Trinajstić information content (AvgIpc) is 3.04. The second-order valence-electron chi connectivity index (χ2n) is 7.03. The smallest absolute Gasteiger partial charge is 0.263 e. The van der Waals surface area contributed by atoms with Crippen LogP contribution in [-0.4, -0.2) is 26.7 Å². The third-order valence-corrected chi connectivity index (χ3v) is 6.53. The van der Waals surface area contributed by atoms with Gasteiger partial charge in [-0.15, -0.1) is 0 Å². The van der Waals surface area contributed by atoms with Crippen LogP contribution in [0.15, 0.2) is 82.7 Å². The molecule has 1 amide bonds. The first-order valence-corrected chi connectivity index (χ1v) is 11.7. The molecule has 2 N–H and O–H groups in total. The van der Waals surface area contributed by atoms with E-state index in [0.29, 0.717) is 28.6 Å². The fourth-order valence-electron chi connectivity index (χ4n) is 3.16. The highest BCUT2D eigenvalue weighted by molar-refractivity contribution is 7.90. The molecule has 3 aromatic carbocycles. The molecule has 0 bridgehead atoms. The van der Waals surface area contributed by atoms with Gasteiger partial charge in [0.15, 0.2) is 0 Å². The highest BCUT2D eigenvalue weighted by Crippen LogP contribution is 2.22. The number of carbonyl (C=O) groups is 1. The molecule has 0 atom stereocenters. The molecule has 164 valence electrons. The predicted molar refractivity (Wildman–Crippen MR) is 124 cm³/mol. The van der Waals surface area contributed by atoms with Gasteiger partial charge in [-0.3, -0.25) is 14.5 Å². The molecule has 0 saturated heterocycles. The first kappa shape index (κ1) is 21.9. The van der Waals surface area contributed by atoms with Crippen LogP contribution >= 0.6 is 11.6 Å². The molecule has 0 radical (unpaired) electrons. The zero-order chi connectivity index (χ0) is 22.6. The molecule has 0 unspecified atom stereocenters. The lowest BCUT2D eigenvalue weighted by Gasteiger charge is -2.09. The molecule has 0 saturated carbocycles. The highest BCUT2D eigenvalue weighted by atomic mass is 35.5. The van der Waals surface area contributed by atoms with Gasteiger partial charge in [-0.1, -0.05) is 41.9 Å². The summed E-state index contributed by atoms with van der Waals surface area (Å²) in [6, 6.07) is 21.1. The Morgan fingerprint density at radius 1 is 1.00 bits per heavy atom. The van der Waals surface area contributed by atoms with Crippen molar-refractivity contribution >= 4 is 39.1 Å². The van der Waals surface area contributed by atoms with Crippen molar-refractivity contribution in [1.29, 1.82) is 0 Å². The van der Waals surface area contributed by atoms with E-state index in [1.807, 2.05) is 24.3 Å². The summed E-state index contributed by atoms with van der Waals surface area (Å²) in [5.74, 6) is 0.683. The van der Waals surface area contributed by atoms with Gasteiger partial charge >= 0.3 is 0 Å². The summed E-state index contributed by atoms with van der Waals surface area (Å²) in [4.78, 5) is 16.7. The second-order valence-corrected chi connectivity index (χ2v) is 9.09. The number of sulfonamides is 1. The van der Waals surface area contributed by atoms with Crippen LogP contribution in [0.3, 0.4) is 0 Å². The minimum Gasteiger partial charge on any atom is -0.489 e. The molecule has 3 aromatic rings. The molecule has 4 rings (SSSR count). The van der Waals surface area contributed by atoms with Gasteiger partial charge in [0, 0.05) is 28.3 Å². The quantitative estimate of drug-likeness (QED) is 0.546. The fourth-order valence-corrected chi connectivity index (χ4v) is 4.60. The largest absolute Gasteiger partial charge is 0.489 e. The zero-order valence-electron chi connectivity index (χ0n) is 16.9. The van der Waals surface area contributed by atoms with Crippen molar-refractivity contribution in [2.75, 3.05) is 11.9 Å². The molecule has 7 nitrogen and oxygen atoms in total. The summed E-state index contributed by atoms with van der Waals surface area (Å²) < 4.78 is 32.3. The molecule has 1 heterocycles. The Bertz CT molecular complexity index is 1270. The van der Waals surface area contributed by atoms with Crippen LogP contribution in [0, 0.1) is 0 Å². The normalized spacial score (nSPS) is 15.1. The topological polar surface area (TPSA) is 96.9 Å². The Morgan fingerprint density at radius 2 is 1.72 bits per heavy atom. The molecular weight excluding hydrogens is 450 g/mol. The number of hydrogen-bond donors (Lipinski definition) is 2. The zero-order valence-corrected chi connectivity index (χ0v) is 18.5. The van der Waals surface area contributed by atoms with Crippen molar-refractivity contribution < 1.29 is 17.9 Å². The third kappa shape index (κ3) is 5.09. The minimum absolute atomic E-state index is 0.109. The van der Waals surface area contributed by atoms with E-state index in [1.165, 1.54) is 6.07 Å². The van der Waals surface area contributed by atoms with Gasteiger partial charge in [-0.2, -0.15) is 0 Å². The van der Waals surface area contributed by atoms with E-state index in [4.69, 9.17) is 16.3 Å². The van der Waals surface area contributed by atoms with E-state index < -0.39 is 10.0 Å². The number of fused-ring (bicyclic) bond motifs is 1. The average molecular weight is 470 g/mol. The maximum absolute atomic E-state index is 12.2. The molecule has 32 heavy (non-hydrogen) atoms. The van der Waals surface area contributed by atoms with Crippen molar-refractivity contribution in [3.05, 3.63) is 88.9 Å².